The van der Waals surface area contributed by atoms with E-state index in [-0.39, 0.29) is 0 Å². The first kappa shape index (κ1) is 23.6. The van der Waals surface area contributed by atoms with Gasteiger partial charge >= 0.3 is 0 Å². The highest BCUT2D eigenvalue weighted by molar-refractivity contribution is 6.12. The maximum Gasteiger partial charge on any atom is 0.0675 e. The predicted molar refractivity (Wildman–Crippen MR) is 177 cm³/mol. The lowest BCUT2D eigenvalue weighted by Gasteiger charge is -2.07. The summed E-state index contributed by atoms with van der Waals surface area (Å²) in [6, 6.07) is 35.3. The van der Waals surface area contributed by atoms with Gasteiger partial charge in [-0.1, -0.05) is 85.0 Å². The summed E-state index contributed by atoms with van der Waals surface area (Å²) in [6.45, 7) is 0. The summed E-state index contributed by atoms with van der Waals surface area (Å²) in [6.07, 6.45) is 12.7. The van der Waals surface area contributed by atoms with Crippen LogP contribution in [0.2, 0.25) is 0 Å². The molecule has 0 atom stereocenters. The molecule has 2 heterocycles. The highest BCUT2D eigenvalue weighted by Crippen LogP contribution is 2.40. The van der Waals surface area contributed by atoms with Crippen LogP contribution >= 0.6 is 0 Å². The van der Waals surface area contributed by atoms with E-state index in [0.29, 0.717) is 0 Å². The molecule has 0 radical (unpaired) electrons. The Hall–Kier alpha value is -5.08. The topological polar surface area (TPSA) is 24.7 Å². The SMILES string of the molecule is C1=C(C2=Nc3cc4cc5cc6c(cc5cc4cc3C2)N=C(C2=CC=C(c3ccccc3)C2)C6)CC(c2ccccc2)=C1. The Labute approximate surface area is 245 Å². The van der Waals surface area contributed by atoms with E-state index >= 15 is 0 Å². The van der Waals surface area contributed by atoms with Gasteiger partial charge in [0.15, 0.2) is 0 Å². The fraction of sp³-hybridized carbons (Fsp3) is 0.100. The first-order valence-electron chi connectivity index (χ1n) is 14.8. The van der Waals surface area contributed by atoms with Crippen molar-refractivity contribution in [1.82, 2.24) is 0 Å². The maximum atomic E-state index is 5.12. The van der Waals surface area contributed by atoms with Gasteiger partial charge in [0.2, 0.25) is 0 Å². The van der Waals surface area contributed by atoms with Crippen molar-refractivity contribution >= 4 is 55.5 Å². The maximum absolute atomic E-state index is 5.12. The van der Waals surface area contributed by atoms with Gasteiger partial charge in [-0.2, -0.15) is 0 Å². The van der Waals surface area contributed by atoms with Gasteiger partial charge in [0.1, 0.15) is 0 Å². The molecule has 2 heteroatoms. The van der Waals surface area contributed by atoms with Gasteiger partial charge in [-0.25, -0.2) is 0 Å². The Morgan fingerprint density at radius 2 is 0.786 bits per heavy atom. The second-order valence-corrected chi connectivity index (χ2v) is 11.8. The minimum Gasteiger partial charge on any atom is -0.252 e. The molecule has 4 aliphatic rings. The van der Waals surface area contributed by atoms with Gasteiger partial charge in [0.05, 0.1) is 11.4 Å². The van der Waals surface area contributed by atoms with Crippen molar-refractivity contribution in [3.63, 3.8) is 0 Å². The van der Waals surface area contributed by atoms with Crippen LogP contribution in [0.5, 0.6) is 0 Å². The molecule has 0 bridgehead atoms. The predicted octanol–water partition coefficient (Wildman–Crippen LogP) is 10.1. The van der Waals surface area contributed by atoms with Crippen LogP contribution in [0.3, 0.4) is 0 Å². The third kappa shape index (κ3) is 3.94. The molecule has 0 N–H and O–H groups in total. The summed E-state index contributed by atoms with van der Waals surface area (Å²) >= 11 is 0. The molecule has 5 aromatic rings. The number of hydrogen-bond donors (Lipinski definition) is 0. The van der Waals surface area contributed by atoms with E-state index in [9.17, 15) is 0 Å². The summed E-state index contributed by atoms with van der Waals surface area (Å²) in [5.41, 5.74) is 15.3. The van der Waals surface area contributed by atoms with Crippen LogP contribution in [-0.2, 0) is 12.8 Å². The van der Waals surface area contributed by atoms with E-state index in [1.54, 1.807) is 0 Å². The zero-order valence-electron chi connectivity index (χ0n) is 23.3. The molecule has 2 aliphatic carbocycles. The van der Waals surface area contributed by atoms with Crippen LogP contribution in [-0.4, -0.2) is 11.4 Å². The molecule has 0 unspecified atom stereocenters. The monoisotopic (exact) mass is 536 g/mol. The zero-order chi connectivity index (χ0) is 27.6. The van der Waals surface area contributed by atoms with E-state index in [4.69, 9.17) is 9.98 Å². The van der Waals surface area contributed by atoms with Crippen molar-refractivity contribution in [1.29, 1.82) is 0 Å². The summed E-state index contributed by atoms with van der Waals surface area (Å²) in [5, 5.41) is 5.06. The fourth-order valence-corrected chi connectivity index (χ4v) is 6.91. The molecule has 0 fully saturated rings. The lowest BCUT2D eigenvalue weighted by Crippen LogP contribution is -2.01. The van der Waals surface area contributed by atoms with E-state index in [1.165, 1.54) is 77.5 Å². The first-order chi connectivity index (χ1) is 20.7. The van der Waals surface area contributed by atoms with Crippen LogP contribution in [0.25, 0.3) is 32.7 Å². The number of benzene rings is 5. The van der Waals surface area contributed by atoms with Crippen LogP contribution < -0.4 is 0 Å². The molecule has 0 aromatic heterocycles. The normalized spacial score (nSPS) is 17.0. The van der Waals surface area contributed by atoms with Gasteiger partial charge in [-0.05, 0) is 115 Å². The molecule has 2 nitrogen and oxygen atoms in total. The lowest BCUT2D eigenvalue weighted by molar-refractivity contribution is 1.31. The van der Waals surface area contributed by atoms with Crippen molar-refractivity contribution in [2.24, 2.45) is 9.98 Å². The molecule has 2 aliphatic heterocycles. The van der Waals surface area contributed by atoms with Crippen molar-refractivity contribution in [2.75, 3.05) is 0 Å². The number of rotatable bonds is 4. The van der Waals surface area contributed by atoms with Crippen molar-refractivity contribution in [2.45, 2.75) is 25.7 Å². The largest absolute Gasteiger partial charge is 0.252 e. The van der Waals surface area contributed by atoms with Crippen LogP contribution in [0.4, 0.5) is 11.4 Å². The number of hydrogen-bond acceptors (Lipinski definition) is 2. The number of nitrogens with zero attached hydrogens (tertiary/aromatic N) is 2. The lowest BCUT2D eigenvalue weighted by atomic mass is 9.95. The van der Waals surface area contributed by atoms with Crippen molar-refractivity contribution in [3.05, 3.63) is 155 Å². The molecule has 0 saturated carbocycles. The Balaban J connectivity index is 0.968. The standard InChI is InChI=1S/C40H28N2/c1-3-7-25(8-4-1)27-11-13-29(15-27)37-23-35-19-31-17-34-22-40-36(20-32(34)18-33(31)21-39(35)41-37)24-38(42-40)30-14-12-28(16-30)26-9-5-2-6-10-26/h1-14,17-22H,15-16,23-24H2. The fourth-order valence-electron chi connectivity index (χ4n) is 6.91. The van der Waals surface area contributed by atoms with Crippen LogP contribution in [0, 0.1) is 0 Å². The Morgan fingerprint density at radius 1 is 0.381 bits per heavy atom. The molecule has 5 aromatic carbocycles. The van der Waals surface area contributed by atoms with Gasteiger partial charge in [-0.3, -0.25) is 9.98 Å². The number of fused-ring (bicyclic) bond motifs is 4. The Kier molecular flexibility index (Phi) is 5.18. The van der Waals surface area contributed by atoms with Crippen molar-refractivity contribution < 1.29 is 0 Å². The van der Waals surface area contributed by atoms with Gasteiger partial charge < -0.3 is 0 Å². The van der Waals surface area contributed by atoms with Crippen LogP contribution in [0.15, 0.2) is 142 Å². The second-order valence-electron chi connectivity index (χ2n) is 11.8. The molecule has 0 saturated heterocycles. The van der Waals surface area contributed by atoms with Crippen molar-refractivity contribution in [3.8, 4) is 0 Å². The zero-order valence-corrected chi connectivity index (χ0v) is 23.3. The highest BCUT2D eigenvalue weighted by atomic mass is 14.8. The van der Waals surface area contributed by atoms with Gasteiger partial charge in [-0.15, -0.1) is 0 Å². The van der Waals surface area contributed by atoms with E-state index < -0.39 is 0 Å². The van der Waals surface area contributed by atoms with Gasteiger partial charge in [0.25, 0.3) is 0 Å². The number of aliphatic imine (C=N–C) groups is 2. The quantitative estimate of drug-likeness (QED) is 0.204. The van der Waals surface area contributed by atoms with E-state index in [2.05, 4.69) is 121 Å². The third-order valence-corrected chi connectivity index (χ3v) is 9.18. The molecular formula is C40H28N2. The third-order valence-electron chi connectivity index (χ3n) is 9.18. The number of allylic oxidation sites excluding steroid dienone is 8. The van der Waals surface area contributed by atoms with Crippen LogP contribution in [0.1, 0.15) is 35.1 Å². The second kappa shape index (κ2) is 9.22. The van der Waals surface area contributed by atoms with E-state index in [0.717, 1.165) is 37.1 Å². The minimum absolute atomic E-state index is 0.900. The van der Waals surface area contributed by atoms with E-state index in [1.807, 2.05) is 0 Å². The summed E-state index contributed by atoms with van der Waals surface area (Å²) in [5.74, 6) is 0. The average molecular weight is 537 g/mol. The van der Waals surface area contributed by atoms with Gasteiger partial charge in [0, 0.05) is 24.3 Å². The summed E-state index contributed by atoms with van der Waals surface area (Å²) < 4.78 is 0. The molecule has 0 amide bonds. The summed E-state index contributed by atoms with van der Waals surface area (Å²) in [7, 11) is 0. The Bertz CT molecular complexity index is 2000. The first-order valence-corrected chi connectivity index (χ1v) is 14.8. The average Bonchev–Trinajstić information content (AvgIpc) is 3.84. The Morgan fingerprint density at radius 3 is 1.24 bits per heavy atom. The minimum atomic E-state index is 0.900. The molecule has 198 valence electrons. The smallest absolute Gasteiger partial charge is 0.0675 e. The molecule has 0 spiro atoms. The summed E-state index contributed by atoms with van der Waals surface area (Å²) in [4.78, 5) is 10.2. The highest BCUT2D eigenvalue weighted by Gasteiger charge is 2.24. The molecule has 42 heavy (non-hydrogen) atoms. The molecular weight excluding hydrogens is 508 g/mol. The molecule has 9 rings (SSSR count).